The molecule has 0 radical (unpaired) electrons. The van der Waals surface area contributed by atoms with Gasteiger partial charge in [0.2, 0.25) is 0 Å². The van der Waals surface area contributed by atoms with E-state index in [2.05, 4.69) is 70.7 Å². The van der Waals surface area contributed by atoms with Gasteiger partial charge >= 0.3 is 5.97 Å². The molecule has 0 aromatic heterocycles. The number of benzene rings is 1. The van der Waals surface area contributed by atoms with Crippen LogP contribution in [0.3, 0.4) is 0 Å². The molecule has 1 aromatic rings. The van der Waals surface area contributed by atoms with Crippen molar-refractivity contribution in [1.82, 2.24) is 0 Å². The molecule has 6 fully saturated rings. The van der Waals surface area contributed by atoms with E-state index in [-0.39, 0.29) is 76.0 Å². The van der Waals surface area contributed by atoms with Gasteiger partial charge in [0.1, 0.15) is 18.0 Å². The minimum absolute atomic E-state index is 0.0484. The monoisotopic (exact) mass is 851 g/mol. The van der Waals surface area contributed by atoms with Crippen LogP contribution in [0.4, 0.5) is 0 Å². The molecular formula is C54H74O8. The first kappa shape index (κ1) is 44.3. The minimum Gasteiger partial charge on any atom is -0.491 e. The molecule has 9 rings (SSSR count). The second-order valence-electron chi connectivity index (χ2n) is 22.5. The number of aliphatic carboxylic acids is 1. The second kappa shape index (κ2) is 16.5. The highest BCUT2D eigenvalue weighted by molar-refractivity contribution is 5.93. The van der Waals surface area contributed by atoms with Crippen LogP contribution in [0, 0.1) is 81.3 Å². The molecule has 3 unspecified atom stereocenters. The number of hydrogen-bond donors (Lipinski definition) is 4. The Kier molecular flexibility index (Phi) is 11.8. The number of carbonyl (C=O) groups excluding carboxylic acids is 1. The summed E-state index contributed by atoms with van der Waals surface area (Å²) < 4.78 is 12.8. The van der Waals surface area contributed by atoms with Crippen molar-refractivity contribution >= 4 is 11.8 Å². The van der Waals surface area contributed by atoms with Crippen LogP contribution in [-0.2, 0) is 14.3 Å². The Morgan fingerprint density at radius 2 is 1.71 bits per heavy atom. The zero-order valence-electron chi connectivity index (χ0n) is 38.3. The van der Waals surface area contributed by atoms with E-state index in [1.807, 2.05) is 13.0 Å². The molecule has 8 aliphatic rings. The Hall–Kier alpha value is -2.96. The lowest BCUT2D eigenvalue weighted by Crippen LogP contribution is -2.62. The van der Waals surface area contributed by atoms with E-state index in [1.165, 1.54) is 22.3 Å². The van der Waals surface area contributed by atoms with Crippen LogP contribution in [0.5, 0.6) is 5.75 Å². The number of allylic oxidation sites excluding steroid dienone is 4. The minimum atomic E-state index is -1.04. The summed E-state index contributed by atoms with van der Waals surface area (Å²) in [5.74, 6) is 9.22. The lowest BCUT2D eigenvalue weighted by atomic mass is 9.43. The number of ether oxygens (including phenoxy) is 2. The molecule has 1 aromatic carbocycles. The Bertz CT molecular complexity index is 2030. The third-order valence-electron chi connectivity index (χ3n) is 19.9. The summed E-state index contributed by atoms with van der Waals surface area (Å²) in [5, 5.41) is 45.5. The highest BCUT2D eigenvalue weighted by Gasteiger charge is 2.67. The maximum atomic E-state index is 12.5. The normalized spacial score (nSPS) is 44.9. The van der Waals surface area contributed by atoms with Crippen LogP contribution >= 0.6 is 0 Å². The number of carbonyl (C=O) groups is 2. The Morgan fingerprint density at radius 1 is 0.935 bits per heavy atom. The van der Waals surface area contributed by atoms with Crippen LogP contribution in [0.15, 0.2) is 47.1 Å². The lowest BCUT2D eigenvalue weighted by Gasteiger charge is -2.63. The predicted molar refractivity (Wildman–Crippen MR) is 239 cm³/mol. The largest absolute Gasteiger partial charge is 0.491 e. The summed E-state index contributed by atoms with van der Waals surface area (Å²) in [4.78, 5) is 23.9. The van der Waals surface area contributed by atoms with Gasteiger partial charge in [0, 0.05) is 24.2 Å². The van der Waals surface area contributed by atoms with Gasteiger partial charge < -0.3 is 29.9 Å². The van der Waals surface area contributed by atoms with Crippen molar-refractivity contribution in [3.05, 3.63) is 52.6 Å². The molecule has 0 bridgehead atoms. The van der Waals surface area contributed by atoms with E-state index in [1.54, 1.807) is 0 Å². The van der Waals surface area contributed by atoms with Gasteiger partial charge in [-0.25, -0.2) is 0 Å². The molecule has 0 amide bonds. The topological polar surface area (TPSA) is 134 Å². The van der Waals surface area contributed by atoms with Crippen molar-refractivity contribution in [3.63, 3.8) is 0 Å². The maximum Gasteiger partial charge on any atom is 0.303 e. The fraction of sp³-hybridized carbons (Fsp3) is 0.741. The number of carboxylic acid groups (broad SMARTS) is 1. The summed E-state index contributed by atoms with van der Waals surface area (Å²) in [5.41, 5.74) is 3.77. The summed E-state index contributed by atoms with van der Waals surface area (Å²) in [7, 11) is 0. The number of aliphatic hydroxyl groups excluding tert-OH is 2. The quantitative estimate of drug-likeness (QED) is 0.135. The second-order valence-corrected chi connectivity index (χ2v) is 22.5. The van der Waals surface area contributed by atoms with Gasteiger partial charge in [-0.3, -0.25) is 9.59 Å². The highest BCUT2D eigenvalue weighted by Crippen LogP contribution is 2.70. The molecule has 62 heavy (non-hydrogen) atoms. The molecule has 0 saturated heterocycles. The number of aliphatic hydroxyl groups is 3. The average Bonchev–Trinajstić information content (AvgIpc) is 3.70. The highest BCUT2D eigenvalue weighted by atomic mass is 16.5. The number of hydrogen-bond acceptors (Lipinski definition) is 7. The third kappa shape index (κ3) is 6.99. The number of ketones is 1. The number of carboxylic acids is 1. The molecule has 4 N–H and O–H groups in total. The number of fused-ring (bicyclic) bond motifs is 9. The van der Waals surface area contributed by atoms with Crippen LogP contribution in [-0.4, -0.2) is 69.3 Å². The Morgan fingerprint density at radius 3 is 2.45 bits per heavy atom. The van der Waals surface area contributed by atoms with Gasteiger partial charge in [0.05, 0.1) is 24.9 Å². The Balaban J connectivity index is 0.833. The average molecular weight is 851 g/mol. The maximum absolute atomic E-state index is 12.5. The van der Waals surface area contributed by atoms with Crippen molar-refractivity contribution < 1.29 is 39.5 Å². The fourth-order valence-corrected chi connectivity index (χ4v) is 16.7. The van der Waals surface area contributed by atoms with E-state index in [9.17, 15) is 30.0 Å². The van der Waals surface area contributed by atoms with Gasteiger partial charge in [0.15, 0.2) is 5.78 Å². The van der Waals surface area contributed by atoms with Gasteiger partial charge in [-0.2, -0.15) is 0 Å². The predicted octanol–water partition coefficient (Wildman–Crippen LogP) is 9.45. The molecule has 338 valence electrons. The molecule has 8 aliphatic carbocycles. The summed E-state index contributed by atoms with van der Waals surface area (Å²) >= 11 is 0. The van der Waals surface area contributed by atoms with E-state index in [4.69, 9.17) is 9.47 Å². The van der Waals surface area contributed by atoms with E-state index in [0.717, 1.165) is 82.8 Å². The number of rotatable bonds is 10. The van der Waals surface area contributed by atoms with Crippen molar-refractivity contribution in [2.45, 2.75) is 168 Å². The Labute approximate surface area is 370 Å². The van der Waals surface area contributed by atoms with E-state index in [0.29, 0.717) is 43.8 Å². The summed E-state index contributed by atoms with van der Waals surface area (Å²) in [6, 6.07) is 8.60. The fourth-order valence-electron chi connectivity index (χ4n) is 16.7. The molecule has 8 heteroatoms. The first-order valence-corrected chi connectivity index (χ1v) is 24.6. The van der Waals surface area contributed by atoms with Gasteiger partial charge in [-0.1, -0.05) is 58.2 Å². The third-order valence-corrected chi connectivity index (χ3v) is 19.9. The van der Waals surface area contributed by atoms with Crippen molar-refractivity contribution in [2.75, 3.05) is 13.2 Å². The molecule has 0 aliphatic heterocycles. The van der Waals surface area contributed by atoms with Crippen molar-refractivity contribution in [3.8, 4) is 17.6 Å². The van der Waals surface area contributed by atoms with Gasteiger partial charge in [-0.05, 0) is 189 Å². The van der Waals surface area contributed by atoms with E-state index < -0.39 is 23.8 Å². The lowest BCUT2D eigenvalue weighted by molar-refractivity contribution is -0.209. The molecule has 0 heterocycles. The van der Waals surface area contributed by atoms with Crippen molar-refractivity contribution in [1.29, 1.82) is 0 Å². The zero-order chi connectivity index (χ0) is 43.9. The smallest absolute Gasteiger partial charge is 0.303 e. The van der Waals surface area contributed by atoms with Gasteiger partial charge in [0.25, 0.3) is 0 Å². The van der Waals surface area contributed by atoms with Crippen molar-refractivity contribution in [2.24, 2.45) is 69.5 Å². The standard InChI is InChI=1S/C54H74O8/c1-7-21-54(60)32(3)25-44-40-15-11-34-26-36(55)12-16-39(34)49(40)41(30-52(44,54)5)33-9-13-37(14-10-33)61-23-24-62-38-20-22-51(4)35(27-38)28-46(56)50-43-18-17-42(31(2)8-19-48(58)59)53(43,6)47(57)29-45(50)51/h9-10,13-14,26,31-32,35,38,40-47,50,56-57,60H,8,11-12,15-20,22-25,27-30H2,1-6H3,(H,58,59)/t31-,32?,35+,38+,40?,41-,42-,43+,44?,45+,46-,47+,50+,51+,52+,53-,54+/m1/s1. The van der Waals surface area contributed by atoms with E-state index >= 15 is 0 Å². The van der Waals surface area contributed by atoms with Gasteiger partial charge in [-0.15, -0.1) is 5.92 Å². The van der Waals surface area contributed by atoms with Crippen LogP contribution in [0.2, 0.25) is 0 Å². The molecule has 6 saturated carbocycles. The molecule has 8 nitrogen and oxygen atoms in total. The molecule has 17 atom stereocenters. The van der Waals surface area contributed by atoms with Crippen LogP contribution < -0.4 is 4.74 Å². The van der Waals surface area contributed by atoms with Crippen LogP contribution in [0.1, 0.15) is 149 Å². The first-order valence-electron chi connectivity index (χ1n) is 24.6. The summed E-state index contributed by atoms with van der Waals surface area (Å²) in [6.45, 7) is 14.1. The first-order chi connectivity index (χ1) is 29.5. The van der Waals surface area contributed by atoms with Crippen LogP contribution in [0.25, 0.3) is 0 Å². The molecular weight excluding hydrogens is 777 g/mol. The SMILES string of the molecule is CC#C[C@]1(O)C(C)CC2C3CCC4=CC(=O)CCC4=C3[C@@H](c3ccc(OCCO[C@H]4CC[C@@]5(C)[C@@H](C4)C[C@@H](O)[C@@H]4[C@@H]5C[C@H](O)[C@]5(C)[C@@H]([C@H](C)CCC(=O)O)CC[C@@H]45)cc3)C[C@@]21C. The molecule has 0 spiro atoms. The zero-order valence-corrected chi connectivity index (χ0v) is 38.3. The summed E-state index contributed by atoms with van der Waals surface area (Å²) in [6.07, 6.45) is 13.6.